The van der Waals surface area contributed by atoms with Crippen molar-refractivity contribution in [3.05, 3.63) is 28.2 Å². The standard InChI is InChI=1S/C12H18N4O2/c13-7-8-3-1-2-4-9(8)14-12(18)10-5-6-11(17)16-15-10/h5-6,8-9H,1-4,7,13H2,(H,14,18)(H,16,17). The molecule has 0 aromatic carbocycles. The van der Waals surface area contributed by atoms with Gasteiger partial charge in [0.1, 0.15) is 5.69 Å². The summed E-state index contributed by atoms with van der Waals surface area (Å²) in [4.78, 5) is 22.8. The number of hydrogen-bond acceptors (Lipinski definition) is 4. The Morgan fingerprint density at radius 1 is 1.44 bits per heavy atom. The zero-order valence-electron chi connectivity index (χ0n) is 10.2. The number of H-pyrrole nitrogens is 1. The van der Waals surface area contributed by atoms with E-state index in [1.54, 1.807) is 0 Å². The van der Waals surface area contributed by atoms with E-state index in [-0.39, 0.29) is 23.2 Å². The van der Waals surface area contributed by atoms with Crippen LogP contribution in [0, 0.1) is 5.92 Å². The maximum absolute atomic E-state index is 11.9. The van der Waals surface area contributed by atoms with Gasteiger partial charge in [0.2, 0.25) is 0 Å². The SMILES string of the molecule is NCC1CCCCC1NC(=O)c1ccc(=O)[nH]n1. The lowest BCUT2D eigenvalue weighted by Gasteiger charge is -2.31. The van der Waals surface area contributed by atoms with Crippen molar-refractivity contribution in [1.29, 1.82) is 0 Å². The molecule has 1 aromatic rings. The van der Waals surface area contributed by atoms with Gasteiger partial charge in [-0.15, -0.1) is 0 Å². The van der Waals surface area contributed by atoms with Crippen molar-refractivity contribution in [2.45, 2.75) is 31.7 Å². The van der Waals surface area contributed by atoms with Crippen LogP contribution >= 0.6 is 0 Å². The lowest BCUT2D eigenvalue weighted by Crippen LogP contribution is -2.45. The van der Waals surface area contributed by atoms with Crippen LogP contribution in [-0.4, -0.2) is 28.7 Å². The van der Waals surface area contributed by atoms with Crippen molar-refractivity contribution >= 4 is 5.91 Å². The van der Waals surface area contributed by atoms with Gasteiger partial charge in [0.25, 0.3) is 11.5 Å². The first-order valence-corrected chi connectivity index (χ1v) is 6.27. The molecule has 18 heavy (non-hydrogen) atoms. The summed E-state index contributed by atoms with van der Waals surface area (Å²) in [6.45, 7) is 0.587. The number of nitrogens with one attached hydrogen (secondary N) is 2. The fourth-order valence-corrected chi connectivity index (χ4v) is 2.39. The van der Waals surface area contributed by atoms with Crippen molar-refractivity contribution in [1.82, 2.24) is 15.5 Å². The number of nitrogens with zero attached hydrogens (tertiary/aromatic N) is 1. The van der Waals surface area contributed by atoms with E-state index in [9.17, 15) is 9.59 Å². The predicted octanol–water partition coefficient (Wildman–Crippen LogP) is 0.0172. The summed E-state index contributed by atoms with van der Waals surface area (Å²) in [6, 6.07) is 2.84. The third kappa shape index (κ3) is 2.95. The molecular formula is C12H18N4O2. The van der Waals surface area contributed by atoms with Gasteiger partial charge in [-0.3, -0.25) is 9.59 Å². The molecular weight excluding hydrogens is 232 g/mol. The minimum absolute atomic E-state index is 0.116. The average molecular weight is 250 g/mol. The van der Waals surface area contributed by atoms with Crippen molar-refractivity contribution in [2.24, 2.45) is 11.7 Å². The summed E-state index contributed by atoms with van der Waals surface area (Å²) in [5.74, 6) is 0.0852. The topological polar surface area (TPSA) is 101 Å². The van der Waals surface area contributed by atoms with Crippen LogP contribution in [0.25, 0.3) is 0 Å². The maximum atomic E-state index is 11.9. The molecule has 1 saturated carbocycles. The molecule has 0 spiro atoms. The van der Waals surface area contributed by atoms with Crippen molar-refractivity contribution in [3.63, 3.8) is 0 Å². The van der Waals surface area contributed by atoms with Crippen LogP contribution in [0.2, 0.25) is 0 Å². The molecule has 1 aromatic heterocycles. The molecule has 1 fully saturated rings. The van der Waals surface area contributed by atoms with E-state index in [0.717, 1.165) is 19.3 Å². The molecule has 0 bridgehead atoms. The van der Waals surface area contributed by atoms with E-state index >= 15 is 0 Å². The number of amides is 1. The van der Waals surface area contributed by atoms with Gasteiger partial charge in [-0.25, -0.2) is 5.10 Å². The summed E-state index contributed by atoms with van der Waals surface area (Å²) in [7, 11) is 0. The Hall–Kier alpha value is -1.69. The number of hydrogen-bond donors (Lipinski definition) is 3. The zero-order valence-corrected chi connectivity index (χ0v) is 10.2. The molecule has 1 amide bonds. The van der Waals surface area contributed by atoms with Crippen LogP contribution in [0.5, 0.6) is 0 Å². The van der Waals surface area contributed by atoms with Gasteiger partial charge in [0.15, 0.2) is 0 Å². The highest BCUT2D eigenvalue weighted by molar-refractivity contribution is 5.92. The summed E-state index contributed by atoms with van der Waals surface area (Å²) in [6.07, 6.45) is 4.29. The minimum Gasteiger partial charge on any atom is -0.348 e. The first-order chi connectivity index (χ1) is 8.70. The number of rotatable bonds is 3. The van der Waals surface area contributed by atoms with Gasteiger partial charge in [-0.05, 0) is 31.4 Å². The smallest absolute Gasteiger partial charge is 0.271 e. The minimum atomic E-state index is -0.316. The number of carbonyl (C=O) groups is 1. The Bertz CT molecular complexity index is 451. The lowest BCUT2D eigenvalue weighted by atomic mass is 9.84. The molecule has 6 nitrogen and oxygen atoms in total. The quantitative estimate of drug-likeness (QED) is 0.703. The van der Waals surface area contributed by atoms with E-state index in [0.29, 0.717) is 12.5 Å². The monoisotopic (exact) mass is 250 g/mol. The zero-order chi connectivity index (χ0) is 13.0. The fraction of sp³-hybridized carbons (Fsp3) is 0.583. The third-order valence-electron chi connectivity index (χ3n) is 3.44. The van der Waals surface area contributed by atoms with Crippen LogP contribution in [0.4, 0.5) is 0 Å². The van der Waals surface area contributed by atoms with Gasteiger partial charge in [0, 0.05) is 12.1 Å². The molecule has 0 aliphatic heterocycles. The molecule has 2 unspecified atom stereocenters. The molecule has 98 valence electrons. The predicted molar refractivity (Wildman–Crippen MR) is 67.1 cm³/mol. The molecule has 6 heteroatoms. The van der Waals surface area contributed by atoms with Crippen molar-refractivity contribution in [2.75, 3.05) is 6.54 Å². The van der Waals surface area contributed by atoms with Crippen LogP contribution in [0.3, 0.4) is 0 Å². The van der Waals surface area contributed by atoms with E-state index in [1.807, 2.05) is 0 Å². The Kier molecular flexibility index (Phi) is 4.09. The summed E-state index contributed by atoms with van der Waals surface area (Å²) in [5.41, 5.74) is 5.63. The highest BCUT2D eigenvalue weighted by atomic mass is 16.2. The Balaban J connectivity index is 2.01. The first-order valence-electron chi connectivity index (χ1n) is 6.27. The Morgan fingerprint density at radius 3 is 2.89 bits per heavy atom. The van der Waals surface area contributed by atoms with E-state index < -0.39 is 0 Å². The van der Waals surface area contributed by atoms with E-state index in [4.69, 9.17) is 5.73 Å². The molecule has 2 atom stereocenters. The summed E-state index contributed by atoms with van der Waals surface area (Å²) in [5, 5.41) is 8.92. The summed E-state index contributed by atoms with van der Waals surface area (Å²) < 4.78 is 0. The average Bonchev–Trinajstić information content (AvgIpc) is 2.40. The highest BCUT2D eigenvalue weighted by Crippen LogP contribution is 2.23. The van der Waals surface area contributed by atoms with Crippen LogP contribution < -0.4 is 16.6 Å². The normalized spacial score (nSPS) is 23.6. The van der Waals surface area contributed by atoms with Crippen molar-refractivity contribution < 1.29 is 4.79 Å². The number of carbonyl (C=O) groups excluding carboxylic acids is 1. The van der Waals surface area contributed by atoms with Gasteiger partial charge < -0.3 is 11.1 Å². The maximum Gasteiger partial charge on any atom is 0.271 e. The van der Waals surface area contributed by atoms with Gasteiger partial charge in [0.05, 0.1) is 0 Å². The van der Waals surface area contributed by atoms with Crippen molar-refractivity contribution in [3.8, 4) is 0 Å². The van der Waals surface area contributed by atoms with Gasteiger partial charge >= 0.3 is 0 Å². The van der Waals surface area contributed by atoms with Crippen LogP contribution in [-0.2, 0) is 0 Å². The molecule has 4 N–H and O–H groups in total. The highest BCUT2D eigenvalue weighted by Gasteiger charge is 2.25. The second-order valence-electron chi connectivity index (χ2n) is 4.67. The summed E-state index contributed by atoms with van der Waals surface area (Å²) >= 11 is 0. The van der Waals surface area contributed by atoms with Gasteiger partial charge in [-0.2, -0.15) is 5.10 Å². The van der Waals surface area contributed by atoms with Crippen LogP contribution in [0.1, 0.15) is 36.2 Å². The van der Waals surface area contributed by atoms with E-state index in [2.05, 4.69) is 15.5 Å². The Morgan fingerprint density at radius 2 is 2.22 bits per heavy atom. The van der Waals surface area contributed by atoms with E-state index in [1.165, 1.54) is 18.6 Å². The second kappa shape index (κ2) is 5.77. The van der Waals surface area contributed by atoms with Gasteiger partial charge in [-0.1, -0.05) is 12.8 Å². The molecule has 1 aliphatic rings. The second-order valence-corrected chi connectivity index (χ2v) is 4.67. The third-order valence-corrected chi connectivity index (χ3v) is 3.44. The van der Waals surface area contributed by atoms with Crippen LogP contribution in [0.15, 0.2) is 16.9 Å². The molecule has 1 heterocycles. The Labute approximate surface area is 105 Å². The fourth-order valence-electron chi connectivity index (χ4n) is 2.39. The largest absolute Gasteiger partial charge is 0.348 e. The number of aromatic amines is 1. The number of aromatic nitrogens is 2. The molecule has 2 rings (SSSR count). The molecule has 0 radical (unpaired) electrons. The molecule has 0 saturated heterocycles. The number of nitrogens with two attached hydrogens (primary N) is 1. The molecule has 1 aliphatic carbocycles. The lowest BCUT2D eigenvalue weighted by molar-refractivity contribution is 0.0902. The first kappa shape index (κ1) is 12.8.